The second-order valence-electron chi connectivity index (χ2n) is 20.8. The molecule has 0 amide bonds. The molecule has 0 N–H and O–H groups in total. The Kier molecular flexibility index (Phi) is 9.93. The van der Waals surface area contributed by atoms with Gasteiger partial charge in [0, 0.05) is 5.92 Å². The maximum Gasteiger partial charge on any atom is 0.00985 e. The molecule has 0 heterocycles. The van der Waals surface area contributed by atoms with E-state index < -0.39 is 0 Å². The summed E-state index contributed by atoms with van der Waals surface area (Å²) in [5.41, 5.74) is 14.1. The van der Waals surface area contributed by atoms with Crippen LogP contribution in [0.25, 0.3) is 0 Å². The third kappa shape index (κ3) is 8.00. The van der Waals surface area contributed by atoms with Crippen LogP contribution in [0, 0.1) is 0 Å². The Morgan fingerprint density at radius 1 is 0.372 bits per heavy atom. The van der Waals surface area contributed by atoms with E-state index in [1.54, 1.807) is 22.3 Å². The van der Waals surface area contributed by atoms with Crippen molar-refractivity contribution in [2.45, 2.75) is 203 Å². The molecule has 0 aromatic heterocycles. The molecule has 2 aromatic carbocycles. The molecule has 2 aromatic rings. The van der Waals surface area contributed by atoms with Crippen molar-refractivity contribution in [2.75, 3.05) is 0 Å². The van der Waals surface area contributed by atoms with Gasteiger partial charge >= 0.3 is 0 Å². The van der Waals surface area contributed by atoms with E-state index >= 15 is 0 Å². The highest BCUT2D eigenvalue weighted by atomic mass is 14.5. The molecule has 0 aliphatic heterocycles. The Bertz CT molecular complexity index is 1260. The average molecular weight is 589 g/mol. The molecule has 0 heteroatoms. The highest BCUT2D eigenvalue weighted by Gasteiger charge is 2.41. The SMILES string of the molecule is CCC(c1c(C(C)(C)C)cc(C(C)(C)C)cc1C(C)(C)C)c1c(C(C)(C)C)cc(C(C)(C)C)c(C(C)(C)C)c1C(C)(C)C. The first-order chi connectivity index (χ1) is 18.8. The van der Waals surface area contributed by atoms with E-state index in [1.165, 1.54) is 27.8 Å². The molecule has 0 saturated heterocycles. The summed E-state index contributed by atoms with van der Waals surface area (Å²) < 4.78 is 0. The van der Waals surface area contributed by atoms with Crippen LogP contribution < -0.4 is 0 Å². The Balaban J connectivity index is 3.51. The summed E-state index contributed by atoms with van der Waals surface area (Å²) in [5.74, 6) is 0.302. The summed E-state index contributed by atoms with van der Waals surface area (Å²) in [4.78, 5) is 0. The van der Waals surface area contributed by atoms with E-state index in [1.807, 2.05) is 0 Å². The molecule has 1 unspecified atom stereocenters. The normalized spacial score (nSPS) is 15.2. The van der Waals surface area contributed by atoms with E-state index in [4.69, 9.17) is 0 Å². The van der Waals surface area contributed by atoms with Gasteiger partial charge in [-0.15, -0.1) is 0 Å². The highest BCUT2D eigenvalue weighted by Crippen LogP contribution is 2.52. The quantitative estimate of drug-likeness (QED) is 0.334. The van der Waals surface area contributed by atoms with Gasteiger partial charge in [-0.1, -0.05) is 171 Å². The summed E-state index contributed by atoms with van der Waals surface area (Å²) in [5, 5.41) is 0. The smallest absolute Gasteiger partial charge is 0.00985 e. The first kappa shape index (κ1) is 37.6. The van der Waals surface area contributed by atoms with Gasteiger partial charge in [-0.2, -0.15) is 0 Å². The number of rotatable bonds is 3. The summed E-state index contributed by atoms with van der Waals surface area (Å²) in [6, 6.07) is 7.80. The fourth-order valence-corrected chi connectivity index (χ4v) is 7.09. The van der Waals surface area contributed by atoms with Gasteiger partial charge in [0.15, 0.2) is 0 Å². The zero-order chi connectivity index (χ0) is 34.1. The lowest BCUT2D eigenvalue weighted by atomic mass is 9.60. The van der Waals surface area contributed by atoms with Gasteiger partial charge in [0.2, 0.25) is 0 Å². The van der Waals surface area contributed by atoms with Crippen LogP contribution in [-0.2, 0) is 37.9 Å². The van der Waals surface area contributed by atoms with Gasteiger partial charge in [0.05, 0.1) is 0 Å². The zero-order valence-corrected chi connectivity index (χ0v) is 33.0. The average Bonchev–Trinajstić information content (AvgIpc) is 2.73. The predicted molar refractivity (Wildman–Crippen MR) is 196 cm³/mol. The van der Waals surface area contributed by atoms with Crippen LogP contribution in [0.2, 0.25) is 0 Å². The van der Waals surface area contributed by atoms with Gasteiger partial charge < -0.3 is 0 Å². The molecular formula is C43H72. The molecule has 0 nitrogen and oxygen atoms in total. The first-order valence-electron chi connectivity index (χ1n) is 17.2. The van der Waals surface area contributed by atoms with E-state index in [-0.39, 0.29) is 37.9 Å². The van der Waals surface area contributed by atoms with E-state index in [9.17, 15) is 0 Å². The largest absolute Gasteiger partial charge is 0.0645 e. The van der Waals surface area contributed by atoms with Gasteiger partial charge in [-0.25, -0.2) is 0 Å². The Labute approximate surface area is 270 Å². The zero-order valence-electron chi connectivity index (χ0n) is 33.0. The van der Waals surface area contributed by atoms with Crippen LogP contribution in [0.3, 0.4) is 0 Å². The minimum absolute atomic E-state index is 0.00824. The Morgan fingerprint density at radius 2 is 0.698 bits per heavy atom. The summed E-state index contributed by atoms with van der Waals surface area (Å²) in [6.45, 7) is 53.4. The van der Waals surface area contributed by atoms with Gasteiger partial charge in [0.25, 0.3) is 0 Å². The van der Waals surface area contributed by atoms with Gasteiger partial charge in [-0.05, 0) is 94.4 Å². The maximum absolute atomic E-state index is 2.64. The van der Waals surface area contributed by atoms with Crippen LogP contribution in [0.1, 0.15) is 215 Å². The molecule has 0 radical (unpaired) electrons. The topological polar surface area (TPSA) is 0 Å². The van der Waals surface area contributed by atoms with Crippen molar-refractivity contribution in [2.24, 2.45) is 0 Å². The van der Waals surface area contributed by atoms with Crippen molar-refractivity contribution < 1.29 is 0 Å². The monoisotopic (exact) mass is 589 g/mol. The molecule has 244 valence electrons. The van der Waals surface area contributed by atoms with Crippen molar-refractivity contribution >= 4 is 0 Å². The van der Waals surface area contributed by atoms with Crippen LogP contribution >= 0.6 is 0 Å². The fraction of sp³-hybridized carbons (Fsp3) is 0.721. The van der Waals surface area contributed by atoms with Crippen LogP contribution in [-0.4, -0.2) is 0 Å². The lowest BCUT2D eigenvalue weighted by Crippen LogP contribution is -2.34. The highest BCUT2D eigenvalue weighted by molar-refractivity contribution is 5.61. The number of hydrogen-bond acceptors (Lipinski definition) is 0. The standard InChI is InChI=1S/C43H72/c1-23-28(33-29(38(5,6)7)24-27(37(2,3)4)25-30(33)39(8,9)10)34-31(40(11,12)13)26-32(41(14,15)16)35(42(17,18)19)36(34)43(20,21)22/h24-26,28H,23H2,1-22H3. The minimum Gasteiger partial charge on any atom is -0.0645 e. The molecule has 43 heavy (non-hydrogen) atoms. The lowest BCUT2D eigenvalue weighted by Gasteiger charge is -2.44. The van der Waals surface area contributed by atoms with E-state index in [2.05, 4.69) is 171 Å². The fourth-order valence-electron chi connectivity index (χ4n) is 7.09. The van der Waals surface area contributed by atoms with Gasteiger partial charge in [-0.3, -0.25) is 0 Å². The third-order valence-electron chi connectivity index (χ3n) is 9.25. The summed E-state index contributed by atoms with van der Waals surface area (Å²) >= 11 is 0. The molecule has 0 bridgehead atoms. The second kappa shape index (κ2) is 11.4. The minimum atomic E-state index is -0.0121. The van der Waals surface area contributed by atoms with Crippen LogP contribution in [0.15, 0.2) is 18.2 Å². The van der Waals surface area contributed by atoms with Crippen LogP contribution in [0.4, 0.5) is 0 Å². The Morgan fingerprint density at radius 3 is 0.953 bits per heavy atom. The van der Waals surface area contributed by atoms with E-state index in [0.29, 0.717) is 5.92 Å². The van der Waals surface area contributed by atoms with E-state index in [0.717, 1.165) is 6.42 Å². The number of benzene rings is 2. The van der Waals surface area contributed by atoms with Crippen molar-refractivity contribution in [3.8, 4) is 0 Å². The Hall–Kier alpha value is -1.56. The molecule has 0 aliphatic rings. The van der Waals surface area contributed by atoms with Crippen molar-refractivity contribution in [1.82, 2.24) is 0 Å². The molecule has 0 aliphatic carbocycles. The van der Waals surface area contributed by atoms with Crippen molar-refractivity contribution in [3.05, 3.63) is 68.3 Å². The van der Waals surface area contributed by atoms with Gasteiger partial charge in [0.1, 0.15) is 0 Å². The molecule has 1 atom stereocenters. The van der Waals surface area contributed by atoms with Crippen LogP contribution in [0.5, 0.6) is 0 Å². The first-order valence-corrected chi connectivity index (χ1v) is 17.2. The van der Waals surface area contributed by atoms with Crippen molar-refractivity contribution in [1.29, 1.82) is 0 Å². The molecule has 0 fully saturated rings. The van der Waals surface area contributed by atoms with Crippen molar-refractivity contribution in [3.63, 3.8) is 0 Å². The molecular weight excluding hydrogens is 516 g/mol. The summed E-state index contributed by atoms with van der Waals surface area (Å²) in [7, 11) is 0. The predicted octanol–water partition coefficient (Wildman–Crippen LogP) is 13.3. The third-order valence-corrected chi connectivity index (χ3v) is 9.25. The number of hydrogen-bond donors (Lipinski definition) is 0. The molecule has 0 spiro atoms. The maximum atomic E-state index is 2.64. The summed E-state index contributed by atoms with van der Waals surface area (Å²) in [6.07, 6.45) is 1.08. The second-order valence-corrected chi connectivity index (χ2v) is 20.8. The lowest BCUT2D eigenvalue weighted by molar-refractivity contribution is 0.476. The molecule has 2 rings (SSSR count). The molecule has 0 saturated carbocycles.